The number of rotatable bonds is 7. The molecule has 0 radical (unpaired) electrons. The van der Waals surface area contributed by atoms with Crippen LogP contribution in [0.1, 0.15) is 26.3 Å². The van der Waals surface area contributed by atoms with Crippen molar-refractivity contribution in [3.8, 4) is 11.8 Å². The quantitative estimate of drug-likeness (QED) is 0.696. The Morgan fingerprint density at radius 3 is 1.97 bits per heavy atom. The van der Waals surface area contributed by atoms with Crippen LogP contribution in [0.5, 0.6) is 5.75 Å². The summed E-state index contributed by atoms with van der Waals surface area (Å²) >= 11 is 0. The molecule has 2 rings (SSSR count). The average Bonchev–Trinajstić information content (AvgIpc) is 2.69. The number of ether oxygens (including phenoxy) is 2. The maximum absolute atomic E-state index is 12.2. The van der Waals surface area contributed by atoms with Crippen molar-refractivity contribution in [3.05, 3.63) is 54.1 Å². The Labute approximate surface area is 168 Å². The molecule has 0 heterocycles. The van der Waals surface area contributed by atoms with Gasteiger partial charge in [0.2, 0.25) is 5.91 Å². The van der Waals surface area contributed by atoms with Gasteiger partial charge in [0.05, 0.1) is 11.6 Å². The molecule has 0 saturated heterocycles. The van der Waals surface area contributed by atoms with Crippen LogP contribution in [-0.2, 0) is 19.1 Å². The first-order valence-corrected chi connectivity index (χ1v) is 8.84. The van der Waals surface area contributed by atoms with E-state index in [1.165, 1.54) is 20.8 Å². The summed E-state index contributed by atoms with van der Waals surface area (Å²) in [5, 5.41) is 14.0. The molecule has 0 unspecified atom stereocenters. The third kappa shape index (κ3) is 6.66. The van der Waals surface area contributed by atoms with Crippen molar-refractivity contribution in [1.29, 1.82) is 5.26 Å². The topological polar surface area (TPSA) is 118 Å². The number of benzene rings is 2. The zero-order valence-corrected chi connectivity index (χ0v) is 16.3. The van der Waals surface area contributed by atoms with Crippen molar-refractivity contribution >= 4 is 29.2 Å². The second kappa shape index (κ2) is 9.90. The van der Waals surface area contributed by atoms with E-state index in [1.807, 2.05) is 6.07 Å². The fourth-order valence-corrected chi connectivity index (χ4v) is 2.27. The van der Waals surface area contributed by atoms with Gasteiger partial charge in [-0.25, -0.2) is 4.79 Å². The minimum atomic E-state index is -1.04. The summed E-state index contributed by atoms with van der Waals surface area (Å²) in [7, 11) is 0. The molecule has 150 valence electrons. The number of nitriles is 1. The third-order valence-corrected chi connectivity index (χ3v) is 3.76. The largest absolute Gasteiger partial charge is 0.479 e. The van der Waals surface area contributed by atoms with Gasteiger partial charge in [0.15, 0.2) is 12.2 Å². The number of hydrogen-bond donors (Lipinski definition) is 2. The molecule has 8 nitrogen and oxygen atoms in total. The molecule has 0 aliphatic rings. The van der Waals surface area contributed by atoms with Crippen LogP contribution in [0.2, 0.25) is 0 Å². The smallest absolute Gasteiger partial charge is 0.347 e. The van der Waals surface area contributed by atoms with Gasteiger partial charge in [-0.3, -0.25) is 9.59 Å². The summed E-state index contributed by atoms with van der Waals surface area (Å²) in [4.78, 5) is 35.4. The molecule has 2 aromatic carbocycles. The van der Waals surface area contributed by atoms with Crippen molar-refractivity contribution in [3.63, 3.8) is 0 Å². The van der Waals surface area contributed by atoms with Crippen LogP contribution >= 0.6 is 0 Å². The van der Waals surface area contributed by atoms with Gasteiger partial charge in [-0.1, -0.05) is 0 Å². The fourth-order valence-electron chi connectivity index (χ4n) is 2.27. The first-order valence-electron chi connectivity index (χ1n) is 8.84. The Balaban J connectivity index is 1.86. The monoisotopic (exact) mass is 395 g/mol. The third-order valence-electron chi connectivity index (χ3n) is 3.76. The summed E-state index contributed by atoms with van der Waals surface area (Å²) in [6.07, 6.45) is -1.97. The predicted molar refractivity (Wildman–Crippen MR) is 106 cm³/mol. The van der Waals surface area contributed by atoms with E-state index in [4.69, 9.17) is 14.7 Å². The molecule has 0 saturated carbocycles. The number of amides is 2. The van der Waals surface area contributed by atoms with Crippen molar-refractivity contribution in [1.82, 2.24) is 0 Å². The second-order valence-corrected chi connectivity index (χ2v) is 6.22. The first-order chi connectivity index (χ1) is 13.8. The Kier molecular flexibility index (Phi) is 7.32. The van der Waals surface area contributed by atoms with Gasteiger partial charge in [-0.05, 0) is 62.4 Å². The molecule has 29 heavy (non-hydrogen) atoms. The molecule has 8 heteroatoms. The first kappa shape index (κ1) is 21.4. The van der Waals surface area contributed by atoms with Crippen LogP contribution in [0.15, 0.2) is 48.5 Å². The maximum Gasteiger partial charge on any atom is 0.347 e. The van der Waals surface area contributed by atoms with E-state index in [9.17, 15) is 14.4 Å². The number of nitrogens with one attached hydrogen (secondary N) is 2. The van der Waals surface area contributed by atoms with E-state index >= 15 is 0 Å². The van der Waals surface area contributed by atoms with Gasteiger partial charge < -0.3 is 20.1 Å². The number of carbonyl (C=O) groups excluding carboxylic acids is 3. The van der Waals surface area contributed by atoms with Gasteiger partial charge in [0, 0.05) is 18.3 Å². The summed E-state index contributed by atoms with van der Waals surface area (Å²) in [5.41, 5.74) is 1.57. The molecule has 0 aromatic heterocycles. The van der Waals surface area contributed by atoms with Crippen molar-refractivity contribution in [2.75, 3.05) is 10.6 Å². The second-order valence-electron chi connectivity index (χ2n) is 6.22. The van der Waals surface area contributed by atoms with Gasteiger partial charge in [-0.15, -0.1) is 0 Å². The molecular weight excluding hydrogens is 374 g/mol. The van der Waals surface area contributed by atoms with Crippen molar-refractivity contribution in [2.45, 2.75) is 33.0 Å². The van der Waals surface area contributed by atoms with E-state index < -0.39 is 24.1 Å². The highest BCUT2D eigenvalue weighted by Crippen LogP contribution is 2.16. The predicted octanol–water partition coefficient (Wildman–Crippen LogP) is 2.85. The van der Waals surface area contributed by atoms with Crippen LogP contribution in [0.3, 0.4) is 0 Å². The van der Waals surface area contributed by atoms with Gasteiger partial charge in [-0.2, -0.15) is 5.26 Å². The van der Waals surface area contributed by atoms with E-state index in [0.29, 0.717) is 22.7 Å². The molecule has 0 spiro atoms. The van der Waals surface area contributed by atoms with E-state index in [2.05, 4.69) is 10.6 Å². The number of carbonyl (C=O) groups is 3. The molecule has 0 aliphatic heterocycles. The summed E-state index contributed by atoms with van der Waals surface area (Å²) in [6.45, 7) is 4.36. The standard InChI is InChI=1S/C21H21N3O5/c1-13(20(26)24-18-8-6-17(7-9-18)23-15(3)25)29-21(27)14(2)28-19-10-4-16(12-22)5-11-19/h4-11,13-14H,1-3H3,(H,23,25)(H,24,26)/t13-,14-/m0/s1. The van der Waals surface area contributed by atoms with Crippen molar-refractivity contribution in [2.24, 2.45) is 0 Å². The lowest BCUT2D eigenvalue weighted by Gasteiger charge is -2.18. The van der Waals surface area contributed by atoms with E-state index in [-0.39, 0.29) is 5.91 Å². The molecule has 0 aliphatic carbocycles. The summed E-state index contributed by atoms with van der Waals surface area (Å²) in [6, 6.07) is 14.8. The van der Waals surface area contributed by atoms with Gasteiger partial charge in [0.25, 0.3) is 5.91 Å². The Morgan fingerprint density at radius 2 is 1.45 bits per heavy atom. The van der Waals surface area contributed by atoms with Gasteiger partial charge >= 0.3 is 5.97 Å². The Hall–Kier alpha value is -3.86. The van der Waals surface area contributed by atoms with Crippen LogP contribution in [0, 0.1) is 11.3 Å². The van der Waals surface area contributed by atoms with Crippen molar-refractivity contribution < 1.29 is 23.9 Å². The number of nitrogens with zero attached hydrogens (tertiary/aromatic N) is 1. The average molecular weight is 395 g/mol. The Bertz CT molecular complexity index is 917. The summed E-state index contributed by atoms with van der Waals surface area (Å²) < 4.78 is 10.6. The lowest BCUT2D eigenvalue weighted by Crippen LogP contribution is -2.35. The molecule has 2 atom stereocenters. The minimum absolute atomic E-state index is 0.195. The van der Waals surface area contributed by atoms with Crippen LogP contribution in [-0.4, -0.2) is 30.0 Å². The lowest BCUT2D eigenvalue weighted by atomic mass is 10.2. The number of esters is 1. The zero-order valence-electron chi connectivity index (χ0n) is 16.3. The highest BCUT2D eigenvalue weighted by molar-refractivity contribution is 5.95. The minimum Gasteiger partial charge on any atom is -0.479 e. The molecule has 0 fully saturated rings. The molecule has 2 amide bonds. The molecule has 2 aromatic rings. The molecule has 2 N–H and O–H groups in total. The maximum atomic E-state index is 12.2. The van der Waals surface area contributed by atoms with Crippen LogP contribution < -0.4 is 15.4 Å². The Morgan fingerprint density at radius 1 is 0.897 bits per heavy atom. The number of anilines is 2. The van der Waals surface area contributed by atoms with Crippen LogP contribution in [0.25, 0.3) is 0 Å². The molecular formula is C21H21N3O5. The summed E-state index contributed by atoms with van der Waals surface area (Å²) in [5.74, 6) is -0.987. The van der Waals surface area contributed by atoms with Crippen LogP contribution in [0.4, 0.5) is 11.4 Å². The molecule has 0 bridgehead atoms. The number of hydrogen-bond acceptors (Lipinski definition) is 6. The lowest BCUT2D eigenvalue weighted by molar-refractivity contribution is -0.159. The van der Waals surface area contributed by atoms with Gasteiger partial charge in [0.1, 0.15) is 5.75 Å². The highest BCUT2D eigenvalue weighted by atomic mass is 16.6. The zero-order chi connectivity index (χ0) is 21.4. The van der Waals surface area contributed by atoms with E-state index in [0.717, 1.165) is 0 Å². The SMILES string of the molecule is CC(=O)Nc1ccc(NC(=O)[C@H](C)OC(=O)[C@H](C)Oc2ccc(C#N)cc2)cc1. The fraction of sp³-hybridized carbons (Fsp3) is 0.238. The van der Waals surface area contributed by atoms with E-state index in [1.54, 1.807) is 48.5 Å². The highest BCUT2D eigenvalue weighted by Gasteiger charge is 2.23. The normalized spacial score (nSPS) is 12.1.